The van der Waals surface area contributed by atoms with Crippen molar-refractivity contribution in [3.63, 3.8) is 0 Å². The van der Waals surface area contributed by atoms with Crippen molar-refractivity contribution in [1.29, 1.82) is 0 Å². The maximum atomic E-state index is 5.18. The van der Waals surface area contributed by atoms with Gasteiger partial charge >= 0.3 is 0 Å². The first-order chi connectivity index (χ1) is 8.33. The molecule has 17 heavy (non-hydrogen) atoms. The Balaban J connectivity index is 2.26. The van der Waals surface area contributed by atoms with Crippen molar-refractivity contribution < 1.29 is 4.74 Å². The second kappa shape index (κ2) is 5.53. The third kappa shape index (κ3) is 2.88. The number of aryl methyl sites for hydroxylation is 1. The largest absolute Gasteiger partial charge is 0.496 e. The predicted molar refractivity (Wildman–Crippen MR) is 71.3 cm³/mol. The van der Waals surface area contributed by atoms with E-state index in [0.29, 0.717) is 0 Å². The van der Waals surface area contributed by atoms with Gasteiger partial charge in [-0.3, -0.25) is 0 Å². The maximum Gasteiger partial charge on any atom is 0.127 e. The molecule has 0 atom stereocenters. The molecule has 2 aromatic rings. The van der Waals surface area contributed by atoms with Crippen molar-refractivity contribution in [2.75, 3.05) is 7.11 Å². The van der Waals surface area contributed by atoms with Crippen LogP contribution in [-0.2, 0) is 6.42 Å². The Morgan fingerprint density at radius 3 is 2.47 bits per heavy atom. The molecule has 0 aliphatic rings. The SMILES string of the molecule is CCCc1ccc(-c2cc[c]c(OC)c2)cc1. The van der Waals surface area contributed by atoms with Crippen LogP contribution in [0.3, 0.4) is 0 Å². The fourth-order valence-corrected chi connectivity index (χ4v) is 1.89. The summed E-state index contributed by atoms with van der Waals surface area (Å²) in [5, 5.41) is 0. The predicted octanol–water partition coefficient (Wildman–Crippen LogP) is 4.11. The summed E-state index contributed by atoms with van der Waals surface area (Å²) >= 11 is 0. The average molecular weight is 225 g/mol. The van der Waals surface area contributed by atoms with Crippen LogP contribution in [0.4, 0.5) is 0 Å². The van der Waals surface area contributed by atoms with Gasteiger partial charge in [-0.1, -0.05) is 43.7 Å². The fraction of sp³-hybridized carbons (Fsp3) is 0.250. The average Bonchev–Trinajstić information content (AvgIpc) is 2.40. The first-order valence-corrected chi connectivity index (χ1v) is 5.98. The monoisotopic (exact) mass is 225 g/mol. The molecule has 0 aliphatic carbocycles. The molecule has 0 fully saturated rings. The number of ether oxygens (including phenoxy) is 1. The van der Waals surface area contributed by atoms with Crippen LogP contribution in [0.2, 0.25) is 0 Å². The summed E-state index contributed by atoms with van der Waals surface area (Å²) < 4.78 is 5.18. The Morgan fingerprint density at radius 2 is 1.82 bits per heavy atom. The zero-order valence-corrected chi connectivity index (χ0v) is 10.4. The summed E-state index contributed by atoms with van der Waals surface area (Å²) in [4.78, 5) is 0. The minimum Gasteiger partial charge on any atom is -0.496 e. The highest BCUT2D eigenvalue weighted by molar-refractivity contribution is 5.65. The second-order valence-corrected chi connectivity index (χ2v) is 4.09. The molecular weight excluding hydrogens is 208 g/mol. The Kier molecular flexibility index (Phi) is 3.81. The lowest BCUT2D eigenvalue weighted by atomic mass is 10.0. The van der Waals surface area contributed by atoms with E-state index in [1.165, 1.54) is 23.1 Å². The minimum absolute atomic E-state index is 0.778. The van der Waals surface area contributed by atoms with E-state index in [9.17, 15) is 0 Å². The number of hydrogen-bond donors (Lipinski definition) is 0. The van der Waals surface area contributed by atoms with Gasteiger partial charge in [0.05, 0.1) is 7.11 Å². The van der Waals surface area contributed by atoms with E-state index >= 15 is 0 Å². The Hall–Kier alpha value is -1.76. The molecule has 0 aromatic heterocycles. The highest BCUT2D eigenvalue weighted by Gasteiger charge is 1.99. The lowest BCUT2D eigenvalue weighted by Gasteiger charge is -2.05. The van der Waals surface area contributed by atoms with Crippen LogP contribution in [0.1, 0.15) is 18.9 Å². The van der Waals surface area contributed by atoms with Crippen LogP contribution in [0, 0.1) is 6.07 Å². The van der Waals surface area contributed by atoms with Crippen LogP contribution in [0.5, 0.6) is 5.75 Å². The second-order valence-electron chi connectivity index (χ2n) is 4.09. The van der Waals surface area contributed by atoms with Gasteiger partial charge in [-0.25, -0.2) is 0 Å². The third-order valence-corrected chi connectivity index (χ3v) is 2.82. The lowest BCUT2D eigenvalue weighted by Crippen LogP contribution is -1.86. The lowest BCUT2D eigenvalue weighted by molar-refractivity contribution is 0.414. The molecule has 0 saturated carbocycles. The summed E-state index contributed by atoms with van der Waals surface area (Å²) in [7, 11) is 1.67. The van der Waals surface area contributed by atoms with Crippen molar-refractivity contribution in [3.05, 3.63) is 54.1 Å². The molecule has 0 aliphatic heterocycles. The van der Waals surface area contributed by atoms with Crippen LogP contribution < -0.4 is 4.74 Å². The van der Waals surface area contributed by atoms with E-state index in [-0.39, 0.29) is 0 Å². The van der Waals surface area contributed by atoms with Crippen molar-refractivity contribution >= 4 is 0 Å². The molecule has 0 amide bonds. The van der Waals surface area contributed by atoms with Gasteiger partial charge in [-0.2, -0.15) is 0 Å². The maximum absolute atomic E-state index is 5.18. The van der Waals surface area contributed by atoms with Crippen molar-refractivity contribution in [1.82, 2.24) is 0 Å². The fourth-order valence-electron chi connectivity index (χ4n) is 1.89. The number of benzene rings is 2. The van der Waals surface area contributed by atoms with Gasteiger partial charge < -0.3 is 4.74 Å². The van der Waals surface area contributed by atoms with Crippen LogP contribution in [-0.4, -0.2) is 7.11 Å². The summed E-state index contributed by atoms with van der Waals surface area (Å²) in [6.45, 7) is 2.20. The van der Waals surface area contributed by atoms with E-state index in [1.54, 1.807) is 7.11 Å². The molecule has 0 bridgehead atoms. The molecule has 0 spiro atoms. The molecule has 2 rings (SSSR count). The highest BCUT2D eigenvalue weighted by Crippen LogP contribution is 2.23. The highest BCUT2D eigenvalue weighted by atomic mass is 16.5. The molecule has 1 radical (unpaired) electrons. The van der Waals surface area contributed by atoms with E-state index in [2.05, 4.69) is 43.3 Å². The zero-order chi connectivity index (χ0) is 12.1. The van der Waals surface area contributed by atoms with Crippen LogP contribution >= 0.6 is 0 Å². The summed E-state index contributed by atoms with van der Waals surface area (Å²) in [5.41, 5.74) is 3.78. The molecule has 0 heterocycles. The quantitative estimate of drug-likeness (QED) is 0.760. The molecule has 0 saturated heterocycles. The Morgan fingerprint density at radius 1 is 1.06 bits per heavy atom. The molecule has 1 nitrogen and oxygen atoms in total. The smallest absolute Gasteiger partial charge is 0.127 e. The summed E-state index contributed by atoms with van der Waals surface area (Å²) in [6, 6.07) is 17.7. The summed E-state index contributed by atoms with van der Waals surface area (Å²) in [6.07, 6.45) is 2.33. The van der Waals surface area contributed by atoms with Crippen LogP contribution in [0.25, 0.3) is 11.1 Å². The molecule has 0 N–H and O–H groups in total. The number of hydrogen-bond acceptors (Lipinski definition) is 1. The van der Waals surface area contributed by atoms with Gasteiger partial charge in [0, 0.05) is 6.07 Å². The Labute approximate surface area is 103 Å². The van der Waals surface area contributed by atoms with Gasteiger partial charge in [-0.05, 0) is 35.2 Å². The van der Waals surface area contributed by atoms with E-state index in [0.717, 1.165) is 12.2 Å². The Bertz CT molecular complexity index is 471. The van der Waals surface area contributed by atoms with Crippen LogP contribution in [0.15, 0.2) is 42.5 Å². The number of methoxy groups -OCH3 is 1. The molecule has 87 valence electrons. The number of rotatable bonds is 4. The van der Waals surface area contributed by atoms with Gasteiger partial charge in [-0.15, -0.1) is 0 Å². The van der Waals surface area contributed by atoms with E-state index in [1.807, 2.05) is 12.1 Å². The third-order valence-electron chi connectivity index (χ3n) is 2.82. The topological polar surface area (TPSA) is 9.23 Å². The first kappa shape index (κ1) is 11.7. The van der Waals surface area contributed by atoms with Gasteiger partial charge in [0.2, 0.25) is 0 Å². The standard InChI is InChI=1S/C16H17O/c1-3-5-13-8-10-14(11-9-13)15-6-4-7-16(12-15)17-2/h4,6,8-12H,3,5H2,1-2H3. The zero-order valence-electron chi connectivity index (χ0n) is 10.4. The van der Waals surface area contributed by atoms with Gasteiger partial charge in [0.25, 0.3) is 0 Å². The van der Waals surface area contributed by atoms with Crippen molar-refractivity contribution in [3.8, 4) is 16.9 Å². The van der Waals surface area contributed by atoms with E-state index < -0.39 is 0 Å². The molecule has 0 unspecified atom stereocenters. The van der Waals surface area contributed by atoms with Gasteiger partial charge in [0.1, 0.15) is 5.75 Å². The summed E-state index contributed by atoms with van der Waals surface area (Å²) in [5.74, 6) is 0.778. The minimum atomic E-state index is 0.778. The van der Waals surface area contributed by atoms with E-state index in [4.69, 9.17) is 4.74 Å². The van der Waals surface area contributed by atoms with Crippen molar-refractivity contribution in [2.45, 2.75) is 19.8 Å². The van der Waals surface area contributed by atoms with Gasteiger partial charge in [0.15, 0.2) is 0 Å². The first-order valence-electron chi connectivity index (χ1n) is 5.98. The molecule has 1 heteroatoms. The molecular formula is C16H17O. The van der Waals surface area contributed by atoms with Crippen molar-refractivity contribution in [2.24, 2.45) is 0 Å². The normalized spacial score (nSPS) is 10.2. The molecule has 2 aromatic carbocycles.